The van der Waals surface area contributed by atoms with Crippen molar-refractivity contribution in [3.05, 3.63) is 11.0 Å². The van der Waals surface area contributed by atoms with E-state index in [4.69, 9.17) is 21.1 Å². The van der Waals surface area contributed by atoms with Gasteiger partial charge in [-0.15, -0.1) is 0 Å². The zero-order valence-electron chi connectivity index (χ0n) is 14.1. The zero-order valence-corrected chi connectivity index (χ0v) is 15.6. The Morgan fingerprint density at radius 1 is 1.31 bits per heavy atom. The van der Waals surface area contributed by atoms with E-state index in [1.807, 2.05) is 11.8 Å². The van der Waals surface area contributed by atoms with Crippen molar-refractivity contribution in [1.29, 1.82) is 0 Å². The van der Waals surface area contributed by atoms with Gasteiger partial charge in [0.1, 0.15) is 22.8 Å². The van der Waals surface area contributed by atoms with Gasteiger partial charge in [0.05, 0.1) is 12.6 Å². The summed E-state index contributed by atoms with van der Waals surface area (Å²) in [7, 11) is -3.77. The second-order valence-corrected chi connectivity index (χ2v) is 8.63. The number of aromatic nitrogens is 3. The van der Waals surface area contributed by atoms with Crippen LogP contribution in [0.25, 0.3) is 10.9 Å². The summed E-state index contributed by atoms with van der Waals surface area (Å²) >= 11 is 5.88. The van der Waals surface area contributed by atoms with Crippen LogP contribution in [0.5, 0.6) is 5.88 Å². The summed E-state index contributed by atoms with van der Waals surface area (Å²) in [6.45, 7) is 3.32. The lowest BCUT2D eigenvalue weighted by Crippen LogP contribution is -2.46. The summed E-state index contributed by atoms with van der Waals surface area (Å²) in [5.74, 6) is -0.546. The molecular weight excluding hydrogens is 387 g/mol. The first-order valence-corrected chi connectivity index (χ1v) is 10.3. The average molecular weight is 403 g/mol. The highest BCUT2D eigenvalue weighted by Crippen LogP contribution is 2.40. The van der Waals surface area contributed by atoms with E-state index in [-0.39, 0.29) is 34.7 Å². The minimum absolute atomic E-state index is 0.0852. The largest absolute Gasteiger partial charge is 0.472 e. The number of hydrogen-bond acceptors (Lipinski definition) is 8. The Kier molecular flexibility index (Phi) is 4.16. The van der Waals surface area contributed by atoms with Crippen molar-refractivity contribution >= 4 is 38.2 Å². The third kappa shape index (κ3) is 2.76. The SMILES string of the molecule is CC1Oc2nc(Cl)c(F)c3nc(S(C)(=O)=O)nc(c23)N2CCCOC[C@@H]12. The second kappa shape index (κ2) is 6.14. The van der Waals surface area contributed by atoms with E-state index >= 15 is 0 Å². The third-order valence-corrected chi connectivity index (χ3v) is 5.59. The molecule has 11 heteroatoms. The van der Waals surface area contributed by atoms with E-state index in [1.165, 1.54) is 0 Å². The first-order valence-electron chi connectivity index (χ1n) is 8.05. The highest BCUT2D eigenvalue weighted by Gasteiger charge is 2.37. The summed E-state index contributed by atoms with van der Waals surface area (Å²) in [6.07, 6.45) is 1.32. The Bertz CT molecular complexity index is 1000. The minimum Gasteiger partial charge on any atom is -0.472 e. The van der Waals surface area contributed by atoms with Crippen LogP contribution in [0.2, 0.25) is 5.15 Å². The fourth-order valence-electron chi connectivity index (χ4n) is 3.24. The van der Waals surface area contributed by atoms with E-state index in [2.05, 4.69) is 15.0 Å². The first-order chi connectivity index (χ1) is 12.3. The van der Waals surface area contributed by atoms with E-state index in [0.717, 1.165) is 6.26 Å². The van der Waals surface area contributed by atoms with Crippen molar-refractivity contribution in [2.75, 3.05) is 30.9 Å². The van der Waals surface area contributed by atoms with Gasteiger partial charge in [-0.05, 0) is 13.3 Å². The summed E-state index contributed by atoms with van der Waals surface area (Å²) < 4.78 is 50.3. The molecule has 26 heavy (non-hydrogen) atoms. The fourth-order valence-corrected chi connectivity index (χ4v) is 3.91. The molecule has 0 amide bonds. The van der Waals surface area contributed by atoms with Crippen molar-refractivity contribution < 1.29 is 22.3 Å². The van der Waals surface area contributed by atoms with Gasteiger partial charge in [0.15, 0.2) is 11.0 Å². The van der Waals surface area contributed by atoms with Crippen molar-refractivity contribution in [3.63, 3.8) is 0 Å². The topological polar surface area (TPSA) is 94.5 Å². The minimum atomic E-state index is -3.77. The summed E-state index contributed by atoms with van der Waals surface area (Å²) in [6, 6.07) is -0.237. The van der Waals surface area contributed by atoms with Crippen LogP contribution in [0.4, 0.5) is 10.2 Å². The molecule has 0 spiro atoms. The molecule has 2 aliphatic rings. The van der Waals surface area contributed by atoms with Crippen LogP contribution in [0.15, 0.2) is 5.16 Å². The maximum atomic E-state index is 14.6. The maximum Gasteiger partial charge on any atom is 0.249 e. The standard InChI is InChI=1S/C15H16ClFN4O4S/c1-7-8-6-24-5-3-4-21(8)13-9-11(18-15(20-13)26(2,22)23)10(17)12(16)19-14(9)25-7/h7-8H,3-6H2,1-2H3/t7?,8-/m0/s1. The number of ether oxygens (including phenoxy) is 2. The van der Waals surface area contributed by atoms with Gasteiger partial charge in [0, 0.05) is 19.4 Å². The Hall–Kier alpha value is -1.78. The molecule has 0 bridgehead atoms. The van der Waals surface area contributed by atoms with Crippen LogP contribution >= 0.6 is 11.6 Å². The van der Waals surface area contributed by atoms with Crippen LogP contribution < -0.4 is 9.64 Å². The van der Waals surface area contributed by atoms with Crippen molar-refractivity contribution in [3.8, 4) is 5.88 Å². The number of halogens is 2. The van der Waals surface area contributed by atoms with Crippen LogP contribution in [0.3, 0.4) is 0 Å². The predicted molar refractivity (Wildman–Crippen MR) is 92.1 cm³/mol. The molecule has 4 rings (SSSR count). The van der Waals surface area contributed by atoms with Gasteiger partial charge < -0.3 is 14.4 Å². The number of hydrogen-bond donors (Lipinski definition) is 0. The number of fused-ring (bicyclic) bond motifs is 2. The number of nitrogens with zero attached hydrogens (tertiary/aromatic N) is 4. The third-order valence-electron chi connectivity index (χ3n) is 4.49. The molecule has 2 aliphatic heterocycles. The predicted octanol–water partition coefficient (Wildman–Crippen LogP) is 1.60. The molecule has 0 saturated carbocycles. The quantitative estimate of drug-likeness (QED) is 0.524. The molecule has 1 saturated heterocycles. The van der Waals surface area contributed by atoms with E-state index in [0.29, 0.717) is 26.2 Å². The van der Waals surface area contributed by atoms with Gasteiger partial charge in [-0.25, -0.2) is 22.8 Å². The lowest BCUT2D eigenvalue weighted by atomic mass is 10.1. The van der Waals surface area contributed by atoms with Crippen LogP contribution in [0.1, 0.15) is 13.3 Å². The zero-order chi connectivity index (χ0) is 18.6. The van der Waals surface area contributed by atoms with Gasteiger partial charge in [-0.1, -0.05) is 11.6 Å². The van der Waals surface area contributed by atoms with Crippen LogP contribution in [-0.2, 0) is 14.6 Å². The molecule has 140 valence electrons. The van der Waals surface area contributed by atoms with Gasteiger partial charge in [-0.3, -0.25) is 0 Å². The lowest BCUT2D eigenvalue weighted by molar-refractivity contribution is 0.0919. The summed E-state index contributed by atoms with van der Waals surface area (Å²) in [5.41, 5.74) is -0.219. The van der Waals surface area contributed by atoms with Gasteiger partial charge in [0.2, 0.25) is 20.9 Å². The Labute approximate surface area is 154 Å². The van der Waals surface area contributed by atoms with Crippen molar-refractivity contribution in [1.82, 2.24) is 15.0 Å². The van der Waals surface area contributed by atoms with Crippen LogP contribution in [-0.4, -0.2) is 61.5 Å². The maximum absolute atomic E-state index is 14.6. The Morgan fingerprint density at radius 3 is 2.81 bits per heavy atom. The van der Waals surface area contributed by atoms with Gasteiger partial charge in [-0.2, -0.15) is 4.98 Å². The van der Waals surface area contributed by atoms with Gasteiger partial charge in [0.25, 0.3) is 0 Å². The Balaban J connectivity index is 2.10. The molecule has 1 unspecified atom stereocenters. The second-order valence-electron chi connectivity index (χ2n) is 6.36. The van der Waals surface area contributed by atoms with E-state index < -0.39 is 26.0 Å². The van der Waals surface area contributed by atoms with Crippen molar-refractivity contribution in [2.24, 2.45) is 0 Å². The molecule has 0 aliphatic carbocycles. The average Bonchev–Trinajstić information content (AvgIpc) is 2.87. The molecule has 2 aromatic rings. The molecule has 0 aromatic carbocycles. The normalized spacial score (nSPS) is 23.2. The molecule has 4 heterocycles. The highest BCUT2D eigenvalue weighted by molar-refractivity contribution is 7.90. The van der Waals surface area contributed by atoms with E-state index in [9.17, 15) is 12.8 Å². The Morgan fingerprint density at radius 2 is 2.08 bits per heavy atom. The molecule has 8 nitrogen and oxygen atoms in total. The first kappa shape index (κ1) is 17.6. The molecule has 1 fully saturated rings. The van der Waals surface area contributed by atoms with E-state index in [1.54, 1.807) is 0 Å². The molecule has 2 atom stereocenters. The number of rotatable bonds is 1. The summed E-state index contributed by atoms with van der Waals surface area (Å²) in [4.78, 5) is 14.0. The fraction of sp³-hybridized carbons (Fsp3) is 0.533. The highest BCUT2D eigenvalue weighted by atomic mass is 35.5. The molecule has 2 aromatic heterocycles. The molecule has 0 N–H and O–H groups in total. The lowest BCUT2D eigenvalue weighted by Gasteiger charge is -2.31. The van der Waals surface area contributed by atoms with Gasteiger partial charge >= 0.3 is 0 Å². The number of pyridine rings is 1. The summed E-state index contributed by atoms with van der Waals surface area (Å²) in [5, 5.41) is -0.682. The number of anilines is 1. The molecular formula is C15H16ClFN4O4S. The number of sulfone groups is 1. The monoisotopic (exact) mass is 402 g/mol. The van der Waals surface area contributed by atoms with Crippen molar-refractivity contribution in [2.45, 2.75) is 30.6 Å². The molecule has 0 radical (unpaired) electrons. The smallest absolute Gasteiger partial charge is 0.249 e. The van der Waals surface area contributed by atoms with Crippen LogP contribution in [0, 0.1) is 5.82 Å².